The molecule has 0 spiro atoms. The molecule has 108 valence electrons. The van der Waals surface area contributed by atoms with E-state index in [0.29, 0.717) is 6.61 Å². The number of primary amides is 1. The number of carbonyl (C=O) groups excluding carboxylic acids is 1. The molecule has 0 aliphatic carbocycles. The van der Waals surface area contributed by atoms with Crippen LogP contribution in [0.2, 0.25) is 0 Å². The molecule has 0 saturated carbocycles. The van der Waals surface area contributed by atoms with Gasteiger partial charge in [-0.15, -0.1) is 0 Å². The number of aromatic nitrogens is 3. The second-order valence-electron chi connectivity index (χ2n) is 5.12. The van der Waals surface area contributed by atoms with Crippen LogP contribution in [-0.2, 0) is 9.53 Å². The molecule has 1 unspecified atom stereocenters. The standard InChI is InChI=1S/C15H16N4O2/c1-10(2-5-15(16)20)12-3-4-13-14(17-12)8-19(18-13)11-6-7-21-9-11/h3-4,8,10-11H,6-7,9H2,1H3,(H2,16,20)/t10?,11-/m0/s1. The maximum Gasteiger partial charge on any atom is 0.293 e. The lowest BCUT2D eigenvalue weighted by atomic mass is 10.1. The van der Waals surface area contributed by atoms with Gasteiger partial charge in [-0.05, 0) is 31.4 Å². The zero-order valence-electron chi connectivity index (χ0n) is 11.7. The Kier molecular flexibility index (Phi) is 3.59. The Hall–Kier alpha value is -2.39. The molecule has 1 fully saturated rings. The molecule has 2 N–H and O–H groups in total. The van der Waals surface area contributed by atoms with E-state index in [1.807, 2.05) is 29.9 Å². The fourth-order valence-corrected chi connectivity index (χ4v) is 2.35. The SMILES string of the molecule is CC(C#CC(N)=O)c1ccc2nn([C@H]3CCOC3)cc2n1. The normalized spacial score (nSPS) is 19.2. The summed E-state index contributed by atoms with van der Waals surface area (Å²) in [4.78, 5) is 15.3. The third kappa shape index (κ3) is 2.88. The molecule has 6 heteroatoms. The van der Waals surface area contributed by atoms with E-state index in [1.165, 1.54) is 0 Å². The highest BCUT2D eigenvalue weighted by molar-refractivity contribution is 5.92. The van der Waals surface area contributed by atoms with Gasteiger partial charge in [-0.25, -0.2) is 4.98 Å². The fraction of sp³-hybridized carbons (Fsp3) is 0.400. The number of rotatable bonds is 2. The van der Waals surface area contributed by atoms with Crippen LogP contribution in [0.4, 0.5) is 0 Å². The Bertz CT molecular complexity index is 735. The molecule has 1 aliphatic heterocycles. The van der Waals surface area contributed by atoms with Crippen LogP contribution in [0, 0.1) is 11.8 Å². The summed E-state index contributed by atoms with van der Waals surface area (Å²) in [5.74, 6) is 4.36. The van der Waals surface area contributed by atoms with E-state index in [0.717, 1.165) is 29.8 Å². The van der Waals surface area contributed by atoms with Gasteiger partial charge in [0, 0.05) is 6.61 Å². The summed E-state index contributed by atoms with van der Waals surface area (Å²) >= 11 is 0. The molecule has 2 atom stereocenters. The zero-order valence-corrected chi connectivity index (χ0v) is 11.7. The highest BCUT2D eigenvalue weighted by atomic mass is 16.5. The van der Waals surface area contributed by atoms with Crippen LogP contribution in [0.5, 0.6) is 0 Å². The van der Waals surface area contributed by atoms with Crippen LogP contribution in [0.1, 0.15) is 31.0 Å². The zero-order chi connectivity index (χ0) is 14.8. The molecule has 3 rings (SSSR count). The highest BCUT2D eigenvalue weighted by Crippen LogP contribution is 2.22. The van der Waals surface area contributed by atoms with Gasteiger partial charge >= 0.3 is 0 Å². The molecule has 3 heterocycles. The van der Waals surface area contributed by atoms with Crippen LogP contribution in [0.15, 0.2) is 18.3 Å². The van der Waals surface area contributed by atoms with Gasteiger partial charge in [0.05, 0.1) is 30.5 Å². The van der Waals surface area contributed by atoms with Gasteiger partial charge in [0.25, 0.3) is 5.91 Å². The molecule has 2 aromatic rings. The summed E-state index contributed by atoms with van der Waals surface area (Å²) in [5.41, 5.74) is 7.50. The Labute approximate surface area is 122 Å². The van der Waals surface area contributed by atoms with E-state index in [-0.39, 0.29) is 12.0 Å². The van der Waals surface area contributed by atoms with Crippen molar-refractivity contribution in [2.75, 3.05) is 13.2 Å². The van der Waals surface area contributed by atoms with Gasteiger partial charge < -0.3 is 10.5 Å². The quantitative estimate of drug-likeness (QED) is 0.833. The Morgan fingerprint density at radius 1 is 1.52 bits per heavy atom. The second-order valence-corrected chi connectivity index (χ2v) is 5.12. The summed E-state index contributed by atoms with van der Waals surface area (Å²) < 4.78 is 7.31. The van der Waals surface area contributed by atoms with Gasteiger partial charge in [-0.3, -0.25) is 9.48 Å². The average Bonchev–Trinajstić information content (AvgIpc) is 3.11. The first kappa shape index (κ1) is 13.6. The lowest BCUT2D eigenvalue weighted by molar-refractivity contribution is -0.112. The molecule has 2 aromatic heterocycles. The van der Waals surface area contributed by atoms with Gasteiger partial charge in [-0.2, -0.15) is 5.10 Å². The number of hydrogen-bond donors (Lipinski definition) is 1. The predicted octanol–water partition coefficient (Wildman–Crippen LogP) is 0.985. The molecule has 1 amide bonds. The number of carbonyl (C=O) groups is 1. The van der Waals surface area contributed by atoms with Crippen molar-refractivity contribution in [3.8, 4) is 11.8 Å². The summed E-state index contributed by atoms with van der Waals surface area (Å²) in [6, 6.07) is 4.09. The predicted molar refractivity (Wildman–Crippen MR) is 77.4 cm³/mol. The smallest absolute Gasteiger partial charge is 0.293 e. The molecular formula is C15H16N4O2. The first-order valence-electron chi connectivity index (χ1n) is 6.88. The van der Waals surface area contributed by atoms with Crippen molar-refractivity contribution in [3.05, 3.63) is 24.0 Å². The van der Waals surface area contributed by atoms with Crippen LogP contribution >= 0.6 is 0 Å². The minimum absolute atomic E-state index is 0.153. The first-order valence-corrected chi connectivity index (χ1v) is 6.88. The van der Waals surface area contributed by atoms with Gasteiger partial charge in [0.15, 0.2) is 0 Å². The van der Waals surface area contributed by atoms with Crippen molar-refractivity contribution >= 4 is 16.9 Å². The third-order valence-corrected chi connectivity index (χ3v) is 3.54. The lowest BCUT2D eigenvalue weighted by Gasteiger charge is -2.06. The topological polar surface area (TPSA) is 83.0 Å². The molecule has 6 nitrogen and oxygen atoms in total. The molecule has 0 aromatic carbocycles. The van der Waals surface area contributed by atoms with Gasteiger partial charge in [-0.1, -0.05) is 5.92 Å². The van der Waals surface area contributed by atoms with E-state index in [2.05, 4.69) is 21.9 Å². The van der Waals surface area contributed by atoms with E-state index < -0.39 is 5.91 Å². The third-order valence-electron chi connectivity index (χ3n) is 3.54. The lowest BCUT2D eigenvalue weighted by Crippen LogP contribution is -2.08. The van der Waals surface area contributed by atoms with Crippen molar-refractivity contribution in [1.29, 1.82) is 0 Å². The van der Waals surface area contributed by atoms with Crippen molar-refractivity contribution in [2.24, 2.45) is 5.73 Å². The number of nitrogens with two attached hydrogens (primary N) is 1. The molecule has 0 radical (unpaired) electrons. The van der Waals surface area contributed by atoms with E-state index in [1.54, 1.807) is 0 Å². The maximum absolute atomic E-state index is 10.7. The Morgan fingerprint density at radius 2 is 2.38 bits per heavy atom. The molecular weight excluding hydrogens is 268 g/mol. The summed E-state index contributed by atoms with van der Waals surface area (Å²) in [7, 11) is 0. The number of amides is 1. The summed E-state index contributed by atoms with van der Waals surface area (Å²) in [6.45, 7) is 3.36. The van der Waals surface area contributed by atoms with E-state index in [9.17, 15) is 4.79 Å². The number of ether oxygens (including phenoxy) is 1. The number of pyridine rings is 1. The van der Waals surface area contributed by atoms with Crippen molar-refractivity contribution in [1.82, 2.24) is 14.8 Å². The second kappa shape index (κ2) is 5.54. The highest BCUT2D eigenvalue weighted by Gasteiger charge is 2.19. The van der Waals surface area contributed by atoms with E-state index in [4.69, 9.17) is 10.5 Å². The number of hydrogen-bond acceptors (Lipinski definition) is 4. The fourth-order valence-electron chi connectivity index (χ4n) is 2.35. The molecule has 1 saturated heterocycles. The van der Waals surface area contributed by atoms with Crippen LogP contribution < -0.4 is 5.73 Å². The van der Waals surface area contributed by atoms with Gasteiger partial charge in [0.1, 0.15) is 11.0 Å². The average molecular weight is 284 g/mol. The monoisotopic (exact) mass is 284 g/mol. The largest absolute Gasteiger partial charge is 0.379 e. The number of nitrogens with zero attached hydrogens (tertiary/aromatic N) is 3. The first-order chi connectivity index (χ1) is 10.1. The maximum atomic E-state index is 10.7. The molecule has 21 heavy (non-hydrogen) atoms. The van der Waals surface area contributed by atoms with Crippen LogP contribution in [0.25, 0.3) is 11.0 Å². The van der Waals surface area contributed by atoms with E-state index >= 15 is 0 Å². The van der Waals surface area contributed by atoms with Crippen LogP contribution in [0.3, 0.4) is 0 Å². The van der Waals surface area contributed by atoms with Gasteiger partial charge in [0.2, 0.25) is 0 Å². The number of fused-ring (bicyclic) bond motifs is 1. The van der Waals surface area contributed by atoms with Crippen LogP contribution in [-0.4, -0.2) is 33.9 Å². The molecule has 1 aliphatic rings. The Balaban J connectivity index is 1.89. The van der Waals surface area contributed by atoms with Crippen molar-refractivity contribution < 1.29 is 9.53 Å². The van der Waals surface area contributed by atoms with Crippen molar-refractivity contribution in [2.45, 2.75) is 25.3 Å². The molecule has 0 bridgehead atoms. The minimum atomic E-state index is -0.628. The summed E-state index contributed by atoms with van der Waals surface area (Å²) in [6.07, 6.45) is 2.91. The van der Waals surface area contributed by atoms with Crippen molar-refractivity contribution in [3.63, 3.8) is 0 Å². The minimum Gasteiger partial charge on any atom is -0.379 e. The Morgan fingerprint density at radius 3 is 3.10 bits per heavy atom. The summed E-state index contributed by atoms with van der Waals surface area (Å²) in [5, 5.41) is 4.53.